The molecule has 1 aromatic carbocycles. The fourth-order valence-electron chi connectivity index (χ4n) is 2.63. The number of hydrogen-bond donors (Lipinski definition) is 2. The van der Waals surface area contributed by atoms with Crippen LogP contribution in [0.1, 0.15) is 37.7 Å². The van der Waals surface area contributed by atoms with E-state index in [0.717, 1.165) is 32.1 Å². The predicted octanol–water partition coefficient (Wildman–Crippen LogP) is 2.54. The molecule has 0 aromatic heterocycles. The maximum Gasteiger partial charge on any atom is 0.229 e. The van der Waals surface area contributed by atoms with Gasteiger partial charge in [-0.1, -0.05) is 25.3 Å². The molecule has 2 unspecified atom stereocenters. The number of nitrogens with zero attached hydrogens (tertiary/aromatic N) is 1. The molecule has 4 nitrogen and oxygen atoms in total. The highest BCUT2D eigenvalue weighted by atomic mass is 19.1. The molecule has 1 aliphatic rings. The molecule has 0 aliphatic heterocycles. The third-order valence-corrected chi connectivity index (χ3v) is 3.79. The van der Waals surface area contributed by atoms with Gasteiger partial charge in [-0.15, -0.1) is 0 Å². The maximum atomic E-state index is 13.5. The average molecular weight is 275 g/mol. The van der Waals surface area contributed by atoms with E-state index in [1.165, 1.54) is 18.2 Å². The zero-order valence-corrected chi connectivity index (χ0v) is 11.2. The zero-order valence-electron chi connectivity index (χ0n) is 11.2. The van der Waals surface area contributed by atoms with Crippen molar-refractivity contribution in [1.82, 2.24) is 0 Å². The van der Waals surface area contributed by atoms with E-state index in [-0.39, 0.29) is 29.1 Å². The Morgan fingerprint density at radius 3 is 2.85 bits per heavy atom. The van der Waals surface area contributed by atoms with Crippen LogP contribution in [0.15, 0.2) is 18.2 Å². The summed E-state index contributed by atoms with van der Waals surface area (Å²) >= 11 is 0. The molecule has 1 amide bonds. The predicted molar refractivity (Wildman–Crippen MR) is 74.3 cm³/mol. The fraction of sp³-hybridized carbons (Fsp3) is 0.467. The number of carbonyl (C=O) groups is 1. The molecule has 0 heterocycles. The Morgan fingerprint density at radius 1 is 1.35 bits per heavy atom. The lowest BCUT2D eigenvalue weighted by molar-refractivity contribution is -0.120. The van der Waals surface area contributed by atoms with Crippen LogP contribution in [0.4, 0.5) is 10.1 Å². The Labute approximate surface area is 117 Å². The van der Waals surface area contributed by atoms with Gasteiger partial charge in [0.15, 0.2) is 0 Å². The van der Waals surface area contributed by atoms with Crippen molar-refractivity contribution in [3.8, 4) is 6.07 Å². The van der Waals surface area contributed by atoms with Crippen LogP contribution in [0.2, 0.25) is 0 Å². The van der Waals surface area contributed by atoms with Gasteiger partial charge in [0.2, 0.25) is 5.91 Å². The Kier molecular flexibility index (Phi) is 4.70. The number of amides is 1. The first kappa shape index (κ1) is 14.5. The van der Waals surface area contributed by atoms with Gasteiger partial charge in [0.1, 0.15) is 17.4 Å². The van der Waals surface area contributed by atoms with Crippen molar-refractivity contribution < 1.29 is 9.18 Å². The second-order valence-corrected chi connectivity index (χ2v) is 5.17. The number of nitrogens with two attached hydrogens (primary N) is 1. The molecule has 0 radical (unpaired) electrons. The van der Waals surface area contributed by atoms with Crippen LogP contribution < -0.4 is 11.1 Å². The number of halogens is 1. The second-order valence-electron chi connectivity index (χ2n) is 5.17. The average Bonchev–Trinajstić information content (AvgIpc) is 2.63. The highest BCUT2D eigenvalue weighted by Crippen LogP contribution is 2.25. The van der Waals surface area contributed by atoms with Crippen LogP contribution in [-0.4, -0.2) is 11.9 Å². The number of rotatable bonds is 2. The SMILES string of the molecule is N#Cc1c(F)cccc1NC(=O)C1CCCCCC1N. The van der Waals surface area contributed by atoms with Gasteiger partial charge in [-0.2, -0.15) is 5.26 Å². The number of hydrogen-bond acceptors (Lipinski definition) is 3. The molecule has 106 valence electrons. The number of benzene rings is 1. The van der Waals surface area contributed by atoms with Gasteiger partial charge in [-0.05, 0) is 25.0 Å². The number of nitrogens with one attached hydrogen (secondary N) is 1. The van der Waals surface area contributed by atoms with E-state index in [1.807, 2.05) is 0 Å². The van der Waals surface area contributed by atoms with Gasteiger partial charge in [0.25, 0.3) is 0 Å². The first-order chi connectivity index (χ1) is 9.63. The summed E-state index contributed by atoms with van der Waals surface area (Å²) in [6, 6.07) is 5.81. The third kappa shape index (κ3) is 3.14. The van der Waals surface area contributed by atoms with Crippen LogP contribution in [0, 0.1) is 23.1 Å². The minimum Gasteiger partial charge on any atom is -0.327 e. The van der Waals surface area contributed by atoms with E-state index >= 15 is 0 Å². The molecule has 1 fully saturated rings. The lowest BCUT2D eigenvalue weighted by Gasteiger charge is -2.20. The summed E-state index contributed by atoms with van der Waals surface area (Å²) in [6.07, 6.45) is 4.66. The summed E-state index contributed by atoms with van der Waals surface area (Å²) in [4.78, 5) is 12.3. The van der Waals surface area contributed by atoms with Crippen molar-refractivity contribution in [1.29, 1.82) is 5.26 Å². The van der Waals surface area contributed by atoms with Crippen molar-refractivity contribution in [2.45, 2.75) is 38.1 Å². The molecular weight excluding hydrogens is 257 g/mol. The molecule has 2 rings (SSSR count). The first-order valence-electron chi connectivity index (χ1n) is 6.88. The molecular formula is C15H18FN3O. The summed E-state index contributed by atoms with van der Waals surface area (Å²) in [5.74, 6) is -1.12. The highest BCUT2D eigenvalue weighted by Gasteiger charge is 2.27. The summed E-state index contributed by atoms with van der Waals surface area (Å²) in [5, 5.41) is 11.6. The molecule has 5 heteroatoms. The Morgan fingerprint density at radius 2 is 2.10 bits per heavy atom. The van der Waals surface area contributed by atoms with Gasteiger partial charge in [-0.25, -0.2) is 4.39 Å². The van der Waals surface area contributed by atoms with Gasteiger partial charge >= 0.3 is 0 Å². The molecule has 20 heavy (non-hydrogen) atoms. The van der Waals surface area contributed by atoms with Crippen molar-refractivity contribution in [3.05, 3.63) is 29.6 Å². The quantitative estimate of drug-likeness (QED) is 0.814. The van der Waals surface area contributed by atoms with Crippen molar-refractivity contribution in [2.75, 3.05) is 5.32 Å². The van der Waals surface area contributed by atoms with E-state index in [4.69, 9.17) is 11.0 Å². The van der Waals surface area contributed by atoms with Crippen molar-refractivity contribution in [3.63, 3.8) is 0 Å². The second kappa shape index (κ2) is 6.49. The highest BCUT2D eigenvalue weighted by molar-refractivity contribution is 5.94. The summed E-state index contributed by atoms with van der Waals surface area (Å²) in [7, 11) is 0. The van der Waals surface area contributed by atoms with Crippen molar-refractivity contribution in [2.24, 2.45) is 11.7 Å². The molecule has 1 saturated carbocycles. The molecule has 2 atom stereocenters. The Bertz CT molecular complexity index is 538. The zero-order chi connectivity index (χ0) is 14.5. The molecule has 3 N–H and O–H groups in total. The standard InChI is InChI=1S/C15H18FN3O/c16-12-6-4-8-14(11(12)9-17)19-15(20)10-5-2-1-3-7-13(10)18/h4,6,8,10,13H,1-3,5,7,18H2,(H,19,20). The minimum absolute atomic E-state index is 0.136. The van der Waals surface area contributed by atoms with Gasteiger partial charge in [-0.3, -0.25) is 4.79 Å². The fourth-order valence-corrected chi connectivity index (χ4v) is 2.63. The monoisotopic (exact) mass is 275 g/mol. The van der Waals surface area contributed by atoms with E-state index in [2.05, 4.69) is 5.32 Å². The minimum atomic E-state index is -0.629. The van der Waals surface area contributed by atoms with Crippen LogP contribution in [0.5, 0.6) is 0 Å². The van der Waals surface area contributed by atoms with Gasteiger partial charge in [0, 0.05) is 6.04 Å². The smallest absolute Gasteiger partial charge is 0.229 e. The van der Waals surface area contributed by atoms with Crippen LogP contribution >= 0.6 is 0 Å². The maximum absolute atomic E-state index is 13.5. The lowest BCUT2D eigenvalue weighted by atomic mass is 9.94. The van der Waals surface area contributed by atoms with E-state index < -0.39 is 5.82 Å². The largest absolute Gasteiger partial charge is 0.327 e. The molecule has 0 bridgehead atoms. The van der Waals surface area contributed by atoms with E-state index in [1.54, 1.807) is 6.07 Å². The normalized spacial score (nSPS) is 22.6. The summed E-state index contributed by atoms with van der Waals surface area (Å²) < 4.78 is 13.5. The van der Waals surface area contributed by atoms with Crippen LogP contribution in [-0.2, 0) is 4.79 Å². The summed E-state index contributed by atoms with van der Waals surface area (Å²) in [5.41, 5.74) is 6.11. The number of nitriles is 1. The van der Waals surface area contributed by atoms with Crippen molar-refractivity contribution >= 4 is 11.6 Å². The third-order valence-electron chi connectivity index (χ3n) is 3.79. The number of anilines is 1. The molecule has 0 saturated heterocycles. The van der Waals surface area contributed by atoms with E-state index in [0.29, 0.717) is 0 Å². The molecule has 1 aliphatic carbocycles. The molecule has 0 spiro atoms. The van der Waals surface area contributed by atoms with Crippen LogP contribution in [0.3, 0.4) is 0 Å². The first-order valence-corrected chi connectivity index (χ1v) is 6.88. The van der Waals surface area contributed by atoms with Gasteiger partial charge < -0.3 is 11.1 Å². The topological polar surface area (TPSA) is 78.9 Å². The number of carbonyl (C=O) groups excluding carboxylic acids is 1. The molecule has 1 aromatic rings. The van der Waals surface area contributed by atoms with Crippen LogP contribution in [0.25, 0.3) is 0 Å². The Balaban J connectivity index is 2.15. The Hall–Kier alpha value is -1.93. The lowest BCUT2D eigenvalue weighted by Crippen LogP contribution is -2.38. The van der Waals surface area contributed by atoms with Gasteiger partial charge in [0.05, 0.1) is 11.6 Å². The van der Waals surface area contributed by atoms with E-state index in [9.17, 15) is 9.18 Å². The summed E-state index contributed by atoms with van der Waals surface area (Å²) in [6.45, 7) is 0.